The Kier molecular flexibility index (Phi) is 5.91. The number of halogens is 1. The second kappa shape index (κ2) is 8.53. The molecule has 0 radical (unpaired) electrons. The van der Waals surface area contributed by atoms with Gasteiger partial charge in [0.05, 0.1) is 6.04 Å². The molecule has 0 saturated carbocycles. The summed E-state index contributed by atoms with van der Waals surface area (Å²) in [6.45, 7) is 3.07. The maximum absolute atomic E-state index is 13.4. The van der Waals surface area contributed by atoms with Crippen molar-refractivity contribution in [1.82, 2.24) is 10.6 Å². The first-order valence-electron chi connectivity index (χ1n) is 8.40. The molecule has 1 heterocycles. The van der Waals surface area contributed by atoms with E-state index in [1.54, 1.807) is 25.1 Å². The van der Waals surface area contributed by atoms with Gasteiger partial charge in [-0.1, -0.05) is 18.2 Å². The van der Waals surface area contributed by atoms with Gasteiger partial charge < -0.3 is 24.8 Å². The third-order valence-electron chi connectivity index (χ3n) is 3.94. The number of carbonyl (C=O) groups excluding carboxylic acids is 1. The predicted molar refractivity (Wildman–Crippen MR) is 93.8 cm³/mol. The Hall–Kier alpha value is -2.80. The predicted octanol–water partition coefficient (Wildman–Crippen LogP) is 2.23. The molecular weight excluding hydrogens is 339 g/mol. The molecule has 0 bridgehead atoms. The Morgan fingerprint density at radius 1 is 1.23 bits per heavy atom. The summed E-state index contributed by atoms with van der Waals surface area (Å²) in [5, 5.41) is 5.90. The summed E-state index contributed by atoms with van der Waals surface area (Å²) >= 11 is 0. The van der Waals surface area contributed by atoms with E-state index in [0.29, 0.717) is 24.6 Å². The first kappa shape index (κ1) is 18.0. The van der Waals surface area contributed by atoms with Crippen molar-refractivity contribution >= 4 is 5.91 Å². The molecule has 2 aromatic carbocycles. The fourth-order valence-corrected chi connectivity index (χ4v) is 2.48. The van der Waals surface area contributed by atoms with E-state index < -0.39 is 11.9 Å². The van der Waals surface area contributed by atoms with Gasteiger partial charge in [0, 0.05) is 13.1 Å². The SMILES string of the molecule is CC(NCCOc1ccccc1F)C(=O)NCc1ccc2c(c1)OCO2. The Bertz CT molecular complexity index is 769. The van der Waals surface area contributed by atoms with Gasteiger partial charge in [-0.2, -0.15) is 0 Å². The highest BCUT2D eigenvalue weighted by Crippen LogP contribution is 2.32. The summed E-state index contributed by atoms with van der Waals surface area (Å²) in [5.74, 6) is 1.07. The first-order chi connectivity index (χ1) is 12.6. The second-order valence-electron chi connectivity index (χ2n) is 5.86. The lowest BCUT2D eigenvalue weighted by Crippen LogP contribution is -2.43. The van der Waals surface area contributed by atoms with Crippen molar-refractivity contribution in [3.8, 4) is 17.2 Å². The highest BCUT2D eigenvalue weighted by molar-refractivity contribution is 5.81. The molecule has 0 saturated heterocycles. The normalized spacial score (nSPS) is 13.3. The zero-order chi connectivity index (χ0) is 18.4. The summed E-state index contributed by atoms with van der Waals surface area (Å²) in [5.41, 5.74) is 0.928. The molecular formula is C19H21FN2O4. The maximum atomic E-state index is 13.4. The van der Waals surface area contributed by atoms with Gasteiger partial charge in [-0.3, -0.25) is 4.79 Å². The quantitative estimate of drug-likeness (QED) is 0.707. The highest BCUT2D eigenvalue weighted by Gasteiger charge is 2.15. The van der Waals surface area contributed by atoms with Crippen LogP contribution in [0.1, 0.15) is 12.5 Å². The van der Waals surface area contributed by atoms with Gasteiger partial charge in [0.2, 0.25) is 12.7 Å². The van der Waals surface area contributed by atoms with Crippen LogP contribution >= 0.6 is 0 Å². The number of hydrogen-bond acceptors (Lipinski definition) is 5. The minimum Gasteiger partial charge on any atom is -0.489 e. The molecule has 1 unspecified atom stereocenters. The van der Waals surface area contributed by atoms with Gasteiger partial charge in [0.15, 0.2) is 23.1 Å². The van der Waals surface area contributed by atoms with Gasteiger partial charge in [-0.25, -0.2) is 4.39 Å². The van der Waals surface area contributed by atoms with Crippen LogP contribution in [-0.2, 0) is 11.3 Å². The number of amides is 1. The molecule has 3 rings (SSSR count). The molecule has 138 valence electrons. The fraction of sp³-hybridized carbons (Fsp3) is 0.316. The van der Waals surface area contributed by atoms with Crippen LogP contribution in [-0.4, -0.2) is 31.9 Å². The van der Waals surface area contributed by atoms with Crippen LogP contribution in [0.2, 0.25) is 0 Å². The van der Waals surface area contributed by atoms with Crippen molar-refractivity contribution in [3.63, 3.8) is 0 Å². The first-order valence-corrected chi connectivity index (χ1v) is 8.40. The van der Waals surface area contributed by atoms with Crippen LogP contribution in [0.4, 0.5) is 4.39 Å². The minimum atomic E-state index is -0.401. The molecule has 0 fully saturated rings. The lowest BCUT2D eigenvalue weighted by atomic mass is 10.2. The van der Waals surface area contributed by atoms with E-state index in [2.05, 4.69) is 10.6 Å². The molecule has 26 heavy (non-hydrogen) atoms. The van der Waals surface area contributed by atoms with E-state index in [9.17, 15) is 9.18 Å². The van der Waals surface area contributed by atoms with Crippen LogP contribution < -0.4 is 24.8 Å². The molecule has 7 heteroatoms. The number of hydrogen-bond donors (Lipinski definition) is 2. The average molecular weight is 360 g/mol. The lowest BCUT2D eigenvalue weighted by Gasteiger charge is -2.15. The standard InChI is InChI=1S/C19H21FN2O4/c1-13(21-8-9-24-16-5-3-2-4-15(16)20)19(23)22-11-14-6-7-17-18(10-14)26-12-25-17/h2-7,10,13,21H,8-9,11-12H2,1H3,(H,22,23). The zero-order valence-corrected chi connectivity index (χ0v) is 14.5. The van der Waals surface area contributed by atoms with E-state index in [-0.39, 0.29) is 25.1 Å². The van der Waals surface area contributed by atoms with Crippen LogP contribution in [0, 0.1) is 5.82 Å². The molecule has 1 aliphatic heterocycles. The Balaban J connectivity index is 1.37. The maximum Gasteiger partial charge on any atom is 0.237 e. The summed E-state index contributed by atoms with van der Waals surface area (Å²) in [6, 6.07) is 11.4. The zero-order valence-electron chi connectivity index (χ0n) is 14.5. The van der Waals surface area contributed by atoms with Crippen molar-refractivity contribution in [2.24, 2.45) is 0 Å². The number of nitrogens with one attached hydrogen (secondary N) is 2. The molecule has 2 N–H and O–H groups in total. The summed E-state index contributed by atoms with van der Waals surface area (Å²) in [6.07, 6.45) is 0. The topological polar surface area (TPSA) is 68.8 Å². The van der Waals surface area contributed by atoms with Gasteiger partial charge >= 0.3 is 0 Å². The van der Waals surface area contributed by atoms with Crippen molar-refractivity contribution in [2.75, 3.05) is 19.9 Å². The lowest BCUT2D eigenvalue weighted by molar-refractivity contribution is -0.122. The van der Waals surface area contributed by atoms with Crippen LogP contribution in [0.3, 0.4) is 0 Å². The third-order valence-corrected chi connectivity index (χ3v) is 3.94. The number of fused-ring (bicyclic) bond motifs is 1. The van der Waals surface area contributed by atoms with Crippen molar-refractivity contribution in [2.45, 2.75) is 19.5 Å². The largest absolute Gasteiger partial charge is 0.489 e. The Morgan fingerprint density at radius 2 is 2.04 bits per heavy atom. The van der Waals surface area contributed by atoms with Crippen LogP contribution in [0.15, 0.2) is 42.5 Å². The monoisotopic (exact) mass is 360 g/mol. The van der Waals surface area contributed by atoms with Crippen molar-refractivity contribution in [3.05, 3.63) is 53.8 Å². The number of rotatable bonds is 8. The molecule has 6 nitrogen and oxygen atoms in total. The highest BCUT2D eigenvalue weighted by atomic mass is 19.1. The number of carbonyl (C=O) groups is 1. The smallest absolute Gasteiger partial charge is 0.237 e. The van der Waals surface area contributed by atoms with Crippen molar-refractivity contribution < 1.29 is 23.4 Å². The van der Waals surface area contributed by atoms with Crippen LogP contribution in [0.5, 0.6) is 17.2 Å². The molecule has 0 spiro atoms. The Morgan fingerprint density at radius 3 is 2.88 bits per heavy atom. The minimum absolute atomic E-state index is 0.131. The molecule has 1 amide bonds. The van der Waals surface area contributed by atoms with E-state index in [1.165, 1.54) is 6.07 Å². The molecule has 1 aliphatic rings. The van der Waals surface area contributed by atoms with Gasteiger partial charge in [-0.15, -0.1) is 0 Å². The van der Waals surface area contributed by atoms with E-state index in [4.69, 9.17) is 14.2 Å². The number of para-hydroxylation sites is 1. The van der Waals surface area contributed by atoms with E-state index in [1.807, 2.05) is 18.2 Å². The van der Waals surface area contributed by atoms with E-state index in [0.717, 1.165) is 5.56 Å². The fourth-order valence-electron chi connectivity index (χ4n) is 2.48. The summed E-state index contributed by atoms with van der Waals surface area (Å²) in [7, 11) is 0. The molecule has 0 aliphatic carbocycles. The molecule has 0 aromatic heterocycles. The van der Waals surface area contributed by atoms with Gasteiger partial charge in [0.25, 0.3) is 0 Å². The Labute approximate surface area is 151 Å². The van der Waals surface area contributed by atoms with E-state index >= 15 is 0 Å². The summed E-state index contributed by atoms with van der Waals surface area (Å²) in [4.78, 5) is 12.1. The van der Waals surface area contributed by atoms with Crippen LogP contribution in [0.25, 0.3) is 0 Å². The van der Waals surface area contributed by atoms with Crippen molar-refractivity contribution in [1.29, 1.82) is 0 Å². The molecule has 2 aromatic rings. The second-order valence-corrected chi connectivity index (χ2v) is 5.86. The molecule has 1 atom stereocenters. The van der Waals surface area contributed by atoms with Gasteiger partial charge in [0.1, 0.15) is 6.61 Å². The third kappa shape index (κ3) is 4.64. The number of ether oxygens (including phenoxy) is 3. The average Bonchev–Trinajstić information content (AvgIpc) is 3.12. The number of benzene rings is 2. The van der Waals surface area contributed by atoms with Gasteiger partial charge in [-0.05, 0) is 36.8 Å². The summed E-state index contributed by atoms with van der Waals surface area (Å²) < 4.78 is 29.3.